The van der Waals surface area contributed by atoms with Crippen LogP contribution in [-0.4, -0.2) is 71.9 Å². The lowest BCUT2D eigenvalue weighted by Crippen LogP contribution is -2.63. The van der Waals surface area contributed by atoms with Gasteiger partial charge in [0.15, 0.2) is 0 Å². The smallest absolute Gasteiger partial charge is 0.353 e. The zero-order valence-corrected chi connectivity index (χ0v) is 16.6. The van der Waals surface area contributed by atoms with E-state index in [1.54, 1.807) is 6.92 Å². The quantitative estimate of drug-likeness (QED) is 0.308. The van der Waals surface area contributed by atoms with Crippen molar-refractivity contribution in [3.05, 3.63) is 10.6 Å². The second kappa shape index (κ2) is 7.33. The molecule has 6 N–H and O–H groups in total. The summed E-state index contributed by atoms with van der Waals surface area (Å²) in [4.78, 5) is 26.1. The number of nitrogens with zero attached hydrogens (tertiary/aromatic N) is 1. The summed E-state index contributed by atoms with van der Waals surface area (Å²) in [6, 6.07) is -0.435. The Morgan fingerprint density at radius 3 is 2.74 bits per heavy atom. The molecule has 2 saturated heterocycles. The Labute approximate surface area is 161 Å². The third kappa shape index (κ3) is 3.87. The van der Waals surface area contributed by atoms with Crippen LogP contribution >= 0.6 is 11.8 Å². The summed E-state index contributed by atoms with van der Waals surface area (Å²) in [5.74, 6) is -2.27. The number of thioether (sulfide) groups is 1. The molecule has 0 saturated carbocycles. The second-order valence-corrected chi connectivity index (χ2v) is 9.97. The number of rotatable bonds is 7. The third-order valence-electron chi connectivity index (χ3n) is 5.32. The molecule has 1 amide bonds. The van der Waals surface area contributed by atoms with Gasteiger partial charge < -0.3 is 20.4 Å². The standard InChI is InChI=1S/C15H24N4O6S2/c1-6-11-10(7(2)20)14(21)19(11)12(15(22)23)13(6)26-9-3-8(17-5-9)4-18-27(16,24)25/h6-11,17-18,20H,3-5H2,1-2H3,(H,22,23)(H2,16,24,25)/t6-,7-,8-,9+,10-,11-/m1/s1. The number of aliphatic hydroxyl groups excluding tert-OH is 1. The van der Waals surface area contributed by atoms with E-state index in [-0.39, 0.29) is 41.4 Å². The number of fused-ring (bicyclic) bond motifs is 1. The van der Waals surface area contributed by atoms with Crippen molar-refractivity contribution in [2.75, 3.05) is 13.1 Å². The molecule has 12 heteroatoms. The molecule has 3 rings (SSSR count). The Kier molecular flexibility index (Phi) is 5.58. The molecule has 27 heavy (non-hydrogen) atoms. The maximum Gasteiger partial charge on any atom is 0.353 e. The van der Waals surface area contributed by atoms with E-state index in [1.807, 2.05) is 6.92 Å². The zero-order valence-electron chi connectivity index (χ0n) is 15.0. The summed E-state index contributed by atoms with van der Waals surface area (Å²) in [6.07, 6.45) is -0.197. The minimum absolute atomic E-state index is 0.00510. The Balaban J connectivity index is 1.71. The minimum Gasteiger partial charge on any atom is -0.477 e. The lowest BCUT2D eigenvalue weighted by Gasteiger charge is -2.46. The molecule has 3 aliphatic heterocycles. The number of nitrogens with one attached hydrogen (secondary N) is 2. The fourth-order valence-electron chi connectivity index (χ4n) is 4.10. The van der Waals surface area contributed by atoms with Gasteiger partial charge in [0.25, 0.3) is 10.2 Å². The van der Waals surface area contributed by atoms with Crippen LogP contribution in [0.4, 0.5) is 0 Å². The minimum atomic E-state index is -3.76. The van der Waals surface area contributed by atoms with Gasteiger partial charge in [-0.3, -0.25) is 4.79 Å². The molecule has 152 valence electrons. The molecule has 0 aromatic carbocycles. The normalized spacial score (nSPS) is 34.6. The number of carboxylic acids is 1. The molecular weight excluding hydrogens is 396 g/mol. The van der Waals surface area contributed by atoms with E-state index in [2.05, 4.69) is 10.0 Å². The van der Waals surface area contributed by atoms with E-state index in [0.29, 0.717) is 17.9 Å². The van der Waals surface area contributed by atoms with Gasteiger partial charge in [-0.15, -0.1) is 11.8 Å². The van der Waals surface area contributed by atoms with Crippen LogP contribution in [0.2, 0.25) is 0 Å². The number of carboxylic acid groups (broad SMARTS) is 1. The molecule has 0 aliphatic carbocycles. The number of β-lactam (4-membered cyclic amide) rings is 1. The van der Waals surface area contributed by atoms with E-state index in [1.165, 1.54) is 16.7 Å². The van der Waals surface area contributed by atoms with Crippen LogP contribution in [0.1, 0.15) is 20.3 Å². The van der Waals surface area contributed by atoms with Crippen molar-refractivity contribution < 1.29 is 28.2 Å². The molecule has 0 radical (unpaired) electrons. The molecule has 2 fully saturated rings. The first-order chi connectivity index (χ1) is 12.5. The average Bonchev–Trinajstić information content (AvgIpc) is 3.07. The maximum atomic E-state index is 12.3. The Morgan fingerprint density at radius 1 is 1.52 bits per heavy atom. The van der Waals surface area contributed by atoms with E-state index < -0.39 is 28.2 Å². The number of hydrogen-bond donors (Lipinski definition) is 5. The lowest BCUT2D eigenvalue weighted by molar-refractivity contribution is -0.163. The summed E-state index contributed by atoms with van der Waals surface area (Å²) < 4.78 is 24.3. The predicted octanol–water partition coefficient (Wildman–Crippen LogP) is -1.60. The highest BCUT2D eigenvalue weighted by Crippen LogP contribution is 2.51. The van der Waals surface area contributed by atoms with Crippen molar-refractivity contribution in [3.63, 3.8) is 0 Å². The van der Waals surface area contributed by atoms with Gasteiger partial charge in [0.2, 0.25) is 5.91 Å². The molecule has 10 nitrogen and oxygen atoms in total. The van der Waals surface area contributed by atoms with E-state index in [9.17, 15) is 28.2 Å². The number of carbonyl (C=O) groups is 2. The van der Waals surface area contributed by atoms with Gasteiger partial charge >= 0.3 is 5.97 Å². The zero-order chi connectivity index (χ0) is 20.1. The molecule has 0 aromatic rings. The van der Waals surface area contributed by atoms with Crippen molar-refractivity contribution >= 4 is 33.8 Å². The van der Waals surface area contributed by atoms with Crippen LogP contribution in [0, 0.1) is 11.8 Å². The number of aliphatic hydroxyl groups is 1. The topological polar surface area (TPSA) is 162 Å². The molecular formula is C15H24N4O6S2. The number of aliphatic carboxylic acids is 1. The molecule has 0 unspecified atom stereocenters. The number of nitrogens with two attached hydrogens (primary N) is 1. The van der Waals surface area contributed by atoms with Crippen LogP contribution < -0.4 is 15.2 Å². The fourth-order valence-corrected chi connectivity index (χ4v) is 6.05. The van der Waals surface area contributed by atoms with Crippen LogP contribution in [0.5, 0.6) is 0 Å². The lowest BCUT2D eigenvalue weighted by atomic mass is 9.79. The summed E-state index contributed by atoms with van der Waals surface area (Å²) in [6.45, 7) is 4.17. The van der Waals surface area contributed by atoms with Gasteiger partial charge in [-0.2, -0.15) is 8.42 Å². The first kappa shape index (κ1) is 20.6. The highest BCUT2D eigenvalue weighted by atomic mass is 32.2. The molecule has 3 heterocycles. The van der Waals surface area contributed by atoms with Gasteiger partial charge in [-0.25, -0.2) is 14.7 Å². The van der Waals surface area contributed by atoms with E-state index in [0.717, 1.165) is 0 Å². The first-order valence-corrected chi connectivity index (χ1v) is 11.1. The Hall–Kier alpha value is -1.18. The molecule has 0 bridgehead atoms. The molecule has 0 spiro atoms. The monoisotopic (exact) mass is 420 g/mol. The summed E-state index contributed by atoms with van der Waals surface area (Å²) >= 11 is 1.41. The Bertz CT molecular complexity index is 783. The van der Waals surface area contributed by atoms with Crippen LogP contribution in [-0.2, 0) is 19.8 Å². The van der Waals surface area contributed by atoms with Crippen molar-refractivity contribution in [3.8, 4) is 0 Å². The van der Waals surface area contributed by atoms with Crippen LogP contribution in [0.15, 0.2) is 10.6 Å². The van der Waals surface area contributed by atoms with Gasteiger partial charge in [-0.05, 0) is 13.3 Å². The molecule has 0 aromatic heterocycles. The number of carbonyl (C=O) groups excluding carboxylic acids is 1. The highest BCUT2D eigenvalue weighted by Gasteiger charge is 2.60. The second-order valence-electron chi connectivity index (χ2n) is 7.25. The Morgan fingerprint density at radius 2 is 2.19 bits per heavy atom. The molecule has 3 aliphatic rings. The highest BCUT2D eigenvalue weighted by molar-refractivity contribution is 8.03. The van der Waals surface area contributed by atoms with Gasteiger partial charge in [0.1, 0.15) is 5.70 Å². The van der Waals surface area contributed by atoms with Crippen LogP contribution in [0.3, 0.4) is 0 Å². The van der Waals surface area contributed by atoms with Gasteiger partial charge in [0.05, 0.1) is 18.1 Å². The SMILES string of the molecule is C[C@@H](O)[C@H]1C(=O)N2C(C(=O)O)=C(S[C@@H]3CN[C@@H](CNS(N)(=O)=O)C3)[C@H](C)[C@H]12. The number of amides is 1. The van der Waals surface area contributed by atoms with Gasteiger partial charge in [0, 0.05) is 35.2 Å². The van der Waals surface area contributed by atoms with Gasteiger partial charge in [-0.1, -0.05) is 6.92 Å². The van der Waals surface area contributed by atoms with Crippen molar-refractivity contribution in [1.82, 2.24) is 14.9 Å². The fraction of sp³-hybridized carbons (Fsp3) is 0.733. The molecule has 6 atom stereocenters. The third-order valence-corrected chi connectivity index (χ3v) is 7.40. The van der Waals surface area contributed by atoms with Crippen molar-refractivity contribution in [2.45, 2.75) is 43.7 Å². The number of hydrogen-bond acceptors (Lipinski definition) is 7. The maximum absolute atomic E-state index is 12.3. The predicted molar refractivity (Wildman–Crippen MR) is 98.5 cm³/mol. The summed E-state index contributed by atoms with van der Waals surface area (Å²) in [5, 5.41) is 27.7. The van der Waals surface area contributed by atoms with Crippen molar-refractivity contribution in [2.24, 2.45) is 17.0 Å². The van der Waals surface area contributed by atoms with Crippen molar-refractivity contribution in [1.29, 1.82) is 0 Å². The largest absolute Gasteiger partial charge is 0.477 e. The summed E-state index contributed by atoms with van der Waals surface area (Å²) in [5.41, 5.74) is 0.00510. The summed E-state index contributed by atoms with van der Waals surface area (Å²) in [7, 11) is -3.76. The first-order valence-electron chi connectivity index (χ1n) is 8.67. The van der Waals surface area contributed by atoms with E-state index >= 15 is 0 Å². The van der Waals surface area contributed by atoms with E-state index in [4.69, 9.17) is 5.14 Å². The average molecular weight is 421 g/mol. The van der Waals surface area contributed by atoms with Crippen LogP contribution in [0.25, 0.3) is 0 Å².